The smallest absolute Gasteiger partial charge is 0.269 e. The minimum atomic E-state index is -0.367. The maximum absolute atomic E-state index is 10.5. The quantitative estimate of drug-likeness (QED) is 0.598. The lowest BCUT2D eigenvalue weighted by atomic mass is 10.2. The molecule has 5 heteroatoms. The van der Waals surface area contributed by atoms with E-state index in [1.165, 1.54) is 0 Å². The molecule has 0 bridgehead atoms. The van der Waals surface area contributed by atoms with Crippen LogP contribution in [0.1, 0.15) is 13.8 Å². The number of nitro benzene ring substituents is 1. The summed E-state index contributed by atoms with van der Waals surface area (Å²) in [5, 5.41) is 10.5. The SMILES string of the molecule is CC.CN1CCN(c2ccc([N+](=O)[O-])cc2)CC1. The highest BCUT2D eigenvalue weighted by Crippen LogP contribution is 2.20. The van der Waals surface area contributed by atoms with E-state index in [4.69, 9.17) is 0 Å². The molecule has 1 saturated heterocycles. The standard InChI is InChI=1S/C11H15N3O2.C2H6/c1-12-6-8-13(9-7-12)10-2-4-11(5-3-10)14(15)16;1-2/h2-5H,6-9H2,1H3;1-2H3. The number of nitro groups is 1. The van der Waals surface area contributed by atoms with Crippen LogP contribution in [0.15, 0.2) is 24.3 Å². The van der Waals surface area contributed by atoms with E-state index in [0.29, 0.717) is 0 Å². The molecule has 1 aliphatic heterocycles. The van der Waals surface area contributed by atoms with E-state index in [1.807, 2.05) is 26.0 Å². The van der Waals surface area contributed by atoms with E-state index in [-0.39, 0.29) is 10.6 Å². The van der Waals surface area contributed by atoms with Crippen LogP contribution in [0.4, 0.5) is 11.4 Å². The van der Waals surface area contributed by atoms with Crippen molar-refractivity contribution in [3.63, 3.8) is 0 Å². The maximum atomic E-state index is 10.5. The molecular formula is C13H21N3O2. The van der Waals surface area contributed by atoms with E-state index in [1.54, 1.807) is 12.1 Å². The fraction of sp³-hybridized carbons (Fsp3) is 0.538. The van der Waals surface area contributed by atoms with Crippen LogP contribution in [0, 0.1) is 10.1 Å². The van der Waals surface area contributed by atoms with Gasteiger partial charge in [0.05, 0.1) is 4.92 Å². The Morgan fingerprint density at radius 2 is 1.56 bits per heavy atom. The van der Waals surface area contributed by atoms with Crippen LogP contribution < -0.4 is 4.90 Å². The number of piperazine rings is 1. The van der Waals surface area contributed by atoms with Crippen molar-refractivity contribution in [2.75, 3.05) is 38.1 Å². The summed E-state index contributed by atoms with van der Waals surface area (Å²) in [7, 11) is 2.10. The van der Waals surface area contributed by atoms with Gasteiger partial charge in [0.1, 0.15) is 0 Å². The molecule has 0 spiro atoms. The van der Waals surface area contributed by atoms with Gasteiger partial charge in [0.25, 0.3) is 5.69 Å². The van der Waals surface area contributed by atoms with Crippen molar-refractivity contribution in [1.82, 2.24) is 4.90 Å². The number of anilines is 1. The minimum absolute atomic E-state index is 0.151. The van der Waals surface area contributed by atoms with Gasteiger partial charge in [-0.2, -0.15) is 0 Å². The maximum Gasteiger partial charge on any atom is 0.269 e. The monoisotopic (exact) mass is 251 g/mol. The predicted molar refractivity (Wildman–Crippen MR) is 74.2 cm³/mol. The molecule has 1 aromatic rings. The second kappa shape index (κ2) is 6.96. The largest absolute Gasteiger partial charge is 0.369 e. The van der Waals surface area contributed by atoms with Gasteiger partial charge < -0.3 is 9.80 Å². The number of hydrogen-bond donors (Lipinski definition) is 0. The predicted octanol–water partition coefficient (Wildman–Crippen LogP) is 2.37. The molecule has 1 heterocycles. The molecule has 0 amide bonds. The summed E-state index contributed by atoms with van der Waals surface area (Å²) in [5.74, 6) is 0. The van der Waals surface area contributed by atoms with E-state index in [2.05, 4.69) is 16.8 Å². The summed E-state index contributed by atoms with van der Waals surface area (Å²) < 4.78 is 0. The Morgan fingerprint density at radius 3 is 2.00 bits per heavy atom. The molecule has 5 nitrogen and oxygen atoms in total. The number of non-ortho nitro benzene ring substituents is 1. The van der Waals surface area contributed by atoms with Gasteiger partial charge in [0.15, 0.2) is 0 Å². The van der Waals surface area contributed by atoms with E-state index >= 15 is 0 Å². The lowest BCUT2D eigenvalue weighted by Gasteiger charge is -2.33. The summed E-state index contributed by atoms with van der Waals surface area (Å²) in [4.78, 5) is 14.7. The van der Waals surface area contributed by atoms with Crippen LogP contribution in [0.2, 0.25) is 0 Å². The fourth-order valence-corrected chi connectivity index (χ4v) is 1.85. The first-order chi connectivity index (χ1) is 8.66. The second-order valence-corrected chi connectivity index (χ2v) is 4.06. The van der Waals surface area contributed by atoms with E-state index in [0.717, 1.165) is 31.9 Å². The van der Waals surface area contributed by atoms with Gasteiger partial charge in [-0.05, 0) is 19.2 Å². The highest BCUT2D eigenvalue weighted by atomic mass is 16.6. The van der Waals surface area contributed by atoms with Crippen LogP contribution in [0.5, 0.6) is 0 Å². The molecule has 0 aliphatic carbocycles. The summed E-state index contributed by atoms with van der Waals surface area (Å²) in [6.07, 6.45) is 0. The Balaban J connectivity index is 0.000000771. The minimum Gasteiger partial charge on any atom is -0.369 e. The average Bonchev–Trinajstić information content (AvgIpc) is 2.42. The first-order valence-corrected chi connectivity index (χ1v) is 6.35. The highest BCUT2D eigenvalue weighted by molar-refractivity contribution is 5.51. The third-order valence-electron chi connectivity index (χ3n) is 2.93. The first-order valence-electron chi connectivity index (χ1n) is 6.35. The molecule has 0 unspecified atom stereocenters. The molecule has 1 fully saturated rings. The first kappa shape index (κ1) is 14.4. The molecule has 0 N–H and O–H groups in total. The molecule has 1 aromatic carbocycles. The molecule has 100 valence electrons. The normalized spacial score (nSPS) is 15.8. The van der Waals surface area contributed by atoms with E-state index in [9.17, 15) is 10.1 Å². The fourth-order valence-electron chi connectivity index (χ4n) is 1.85. The number of benzene rings is 1. The topological polar surface area (TPSA) is 49.6 Å². The van der Waals surface area contributed by atoms with Crippen molar-refractivity contribution in [3.05, 3.63) is 34.4 Å². The Kier molecular flexibility index (Phi) is 5.58. The number of likely N-dealkylation sites (N-methyl/N-ethyl adjacent to an activating group) is 1. The van der Waals surface area contributed by atoms with Crippen molar-refractivity contribution < 1.29 is 4.92 Å². The third-order valence-corrected chi connectivity index (χ3v) is 2.93. The molecule has 0 aromatic heterocycles. The van der Waals surface area contributed by atoms with Gasteiger partial charge in [-0.1, -0.05) is 13.8 Å². The third kappa shape index (κ3) is 3.70. The van der Waals surface area contributed by atoms with Crippen LogP contribution in [0.25, 0.3) is 0 Å². The number of hydrogen-bond acceptors (Lipinski definition) is 4. The molecule has 1 aliphatic rings. The van der Waals surface area contributed by atoms with Crippen LogP contribution >= 0.6 is 0 Å². The zero-order valence-corrected chi connectivity index (χ0v) is 11.3. The molecule has 2 rings (SSSR count). The van der Waals surface area contributed by atoms with E-state index < -0.39 is 0 Å². The Hall–Kier alpha value is -1.62. The Morgan fingerprint density at radius 1 is 1.06 bits per heavy atom. The van der Waals surface area contributed by atoms with Gasteiger partial charge >= 0.3 is 0 Å². The summed E-state index contributed by atoms with van der Waals surface area (Å²) in [6.45, 7) is 8.04. The van der Waals surface area contributed by atoms with Crippen molar-refractivity contribution in [3.8, 4) is 0 Å². The summed E-state index contributed by atoms with van der Waals surface area (Å²) >= 11 is 0. The van der Waals surface area contributed by atoms with Crippen molar-refractivity contribution in [2.24, 2.45) is 0 Å². The zero-order valence-electron chi connectivity index (χ0n) is 11.3. The Bertz CT molecular complexity index is 370. The molecule has 0 atom stereocenters. The van der Waals surface area contributed by atoms with Crippen molar-refractivity contribution in [1.29, 1.82) is 0 Å². The van der Waals surface area contributed by atoms with Crippen LogP contribution in [-0.2, 0) is 0 Å². The molecular weight excluding hydrogens is 230 g/mol. The van der Waals surface area contributed by atoms with Gasteiger partial charge in [-0.3, -0.25) is 10.1 Å². The molecule has 0 saturated carbocycles. The highest BCUT2D eigenvalue weighted by Gasteiger charge is 2.14. The second-order valence-electron chi connectivity index (χ2n) is 4.06. The average molecular weight is 251 g/mol. The Labute approximate surface area is 108 Å². The summed E-state index contributed by atoms with van der Waals surface area (Å²) in [5.41, 5.74) is 1.22. The van der Waals surface area contributed by atoms with Crippen LogP contribution in [-0.4, -0.2) is 43.0 Å². The van der Waals surface area contributed by atoms with Gasteiger partial charge in [0, 0.05) is 44.0 Å². The lowest BCUT2D eigenvalue weighted by Crippen LogP contribution is -2.44. The number of rotatable bonds is 2. The molecule has 0 radical (unpaired) electrons. The number of nitrogens with zero attached hydrogens (tertiary/aromatic N) is 3. The van der Waals surface area contributed by atoms with Crippen LogP contribution in [0.3, 0.4) is 0 Å². The van der Waals surface area contributed by atoms with Crippen molar-refractivity contribution >= 4 is 11.4 Å². The van der Waals surface area contributed by atoms with Gasteiger partial charge in [0.2, 0.25) is 0 Å². The van der Waals surface area contributed by atoms with Crippen molar-refractivity contribution in [2.45, 2.75) is 13.8 Å². The summed E-state index contributed by atoms with van der Waals surface area (Å²) in [6, 6.07) is 6.77. The van der Waals surface area contributed by atoms with Gasteiger partial charge in [-0.25, -0.2) is 0 Å². The molecule has 18 heavy (non-hydrogen) atoms. The van der Waals surface area contributed by atoms with Gasteiger partial charge in [-0.15, -0.1) is 0 Å². The zero-order chi connectivity index (χ0) is 13.5. The lowest BCUT2D eigenvalue weighted by molar-refractivity contribution is -0.384.